The Bertz CT molecular complexity index is 918. The molecule has 25 heavy (non-hydrogen) atoms. The van der Waals surface area contributed by atoms with E-state index in [-0.39, 0.29) is 11.4 Å². The molecule has 0 N–H and O–H groups in total. The topological polar surface area (TPSA) is 37.6 Å². The molecule has 0 amide bonds. The molecule has 0 radical (unpaired) electrons. The van der Waals surface area contributed by atoms with Crippen molar-refractivity contribution in [1.29, 1.82) is 0 Å². The Hall–Kier alpha value is -2.53. The molecule has 0 saturated heterocycles. The number of hydrogen-bond acceptors (Lipinski definition) is 3. The summed E-state index contributed by atoms with van der Waals surface area (Å²) in [6, 6.07) is 11.9. The summed E-state index contributed by atoms with van der Waals surface area (Å²) in [5.74, 6) is -0.231. The lowest BCUT2D eigenvalue weighted by molar-refractivity contribution is 0.254. The molecule has 3 aromatic rings. The first-order valence-electron chi connectivity index (χ1n) is 8.51. The van der Waals surface area contributed by atoms with Crippen molar-refractivity contribution in [3.63, 3.8) is 0 Å². The lowest BCUT2D eigenvalue weighted by Gasteiger charge is -2.21. The van der Waals surface area contributed by atoms with Crippen LogP contribution in [0.3, 0.4) is 0 Å². The van der Waals surface area contributed by atoms with E-state index in [1.54, 1.807) is 28.8 Å². The van der Waals surface area contributed by atoms with Crippen molar-refractivity contribution in [2.75, 3.05) is 6.54 Å². The molecule has 130 valence electrons. The first kappa shape index (κ1) is 17.3. The molecule has 5 heteroatoms. The summed E-state index contributed by atoms with van der Waals surface area (Å²) in [6.45, 7) is 6.23. The third-order valence-corrected chi connectivity index (χ3v) is 4.18. The van der Waals surface area contributed by atoms with E-state index in [1.807, 2.05) is 19.1 Å². The van der Waals surface area contributed by atoms with Crippen LogP contribution in [0.1, 0.15) is 30.2 Å². The predicted molar refractivity (Wildman–Crippen MR) is 97.0 cm³/mol. The Balaban J connectivity index is 1.86. The van der Waals surface area contributed by atoms with Gasteiger partial charge in [0.2, 0.25) is 0 Å². The molecular formula is C20H22FN3O. The summed E-state index contributed by atoms with van der Waals surface area (Å²) in [5, 5.41) is 0. The minimum Gasteiger partial charge on any atom is -0.293 e. The van der Waals surface area contributed by atoms with Gasteiger partial charge in [-0.05, 0) is 49.2 Å². The van der Waals surface area contributed by atoms with Crippen LogP contribution >= 0.6 is 0 Å². The standard InChI is InChI=1S/C20H22FN3O/c1-3-10-23(13-16-6-8-17(21)9-7-16)14-18-12-19(25)24-11-4-5-15(2)20(24)22-18/h4-9,11-12H,3,10,13-14H2,1-2H3. The predicted octanol–water partition coefficient (Wildman–Crippen LogP) is 3.55. The maximum Gasteiger partial charge on any atom is 0.258 e. The van der Waals surface area contributed by atoms with E-state index in [9.17, 15) is 9.18 Å². The third kappa shape index (κ3) is 4.12. The summed E-state index contributed by atoms with van der Waals surface area (Å²) in [7, 11) is 0. The second-order valence-corrected chi connectivity index (χ2v) is 6.31. The molecule has 0 aliphatic rings. The highest BCUT2D eigenvalue weighted by Gasteiger charge is 2.10. The Morgan fingerprint density at radius 2 is 1.92 bits per heavy atom. The van der Waals surface area contributed by atoms with E-state index in [1.165, 1.54) is 12.1 Å². The van der Waals surface area contributed by atoms with E-state index in [4.69, 9.17) is 0 Å². The number of pyridine rings is 1. The van der Waals surface area contributed by atoms with E-state index >= 15 is 0 Å². The number of halogens is 1. The van der Waals surface area contributed by atoms with Gasteiger partial charge in [-0.15, -0.1) is 0 Å². The van der Waals surface area contributed by atoms with Gasteiger partial charge in [-0.25, -0.2) is 9.37 Å². The maximum atomic E-state index is 13.1. The molecule has 3 rings (SSSR count). The highest BCUT2D eigenvalue weighted by atomic mass is 19.1. The maximum absolute atomic E-state index is 13.1. The molecule has 0 saturated carbocycles. The van der Waals surface area contributed by atoms with E-state index in [0.29, 0.717) is 18.7 Å². The Morgan fingerprint density at radius 1 is 1.16 bits per heavy atom. The number of aromatic nitrogens is 2. The summed E-state index contributed by atoms with van der Waals surface area (Å²) >= 11 is 0. The van der Waals surface area contributed by atoms with Gasteiger partial charge in [-0.1, -0.05) is 25.1 Å². The number of nitrogens with zero attached hydrogens (tertiary/aromatic N) is 3. The van der Waals surface area contributed by atoms with Crippen LogP contribution in [0.5, 0.6) is 0 Å². The summed E-state index contributed by atoms with van der Waals surface area (Å²) in [4.78, 5) is 19.3. The van der Waals surface area contributed by atoms with Crippen molar-refractivity contribution in [3.8, 4) is 0 Å². The first-order valence-corrected chi connectivity index (χ1v) is 8.51. The van der Waals surface area contributed by atoms with Crippen molar-refractivity contribution >= 4 is 5.65 Å². The number of benzene rings is 1. The number of hydrogen-bond donors (Lipinski definition) is 0. The largest absolute Gasteiger partial charge is 0.293 e. The van der Waals surface area contributed by atoms with Gasteiger partial charge in [0.25, 0.3) is 5.56 Å². The molecule has 0 atom stereocenters. The smallest absolute Gasteiger partial charge is 0.258 e. The summed E-state index contributed by atoms with van der Waals surface area (Å²) in [6.07, 6.45) is 2.73. The molecule has 0 spiro atoms. The summed E-state index contributed by atoms with van der Waals surface area (Å²) in [5.41, 5.74) is 3.41. The van der Waals surface area contributed by atoms with Crippen molar-refractivity contribution < 1.29 is 4.39 Å². The van der Waals surface area contributed by atoms with Crippen LogP contribution in [-0.2, 0) is 13.1 Å². The molecule has 1 aromatic carbocycles. The van der Waals surface area contributed by atoms with Gasteiger partial charge < -0.3 is 0 Å². The fourth-order valence-corrected chi connectivity index (χ4v) is 3.00. The van der Waals surface area contributed by atoms with Crippen LogP contribution in [0.4, 0.5) is 4.39 Å². The first-order chi connectivity index (χ1) is 12.1. The van der Waals surface area contributed by atoms with Crippen LogP contribution in [-0.4, -0.2) is 20.8 Å². The van der Waals surface area contributed by atoms with E-state index < -0.39 is 0 Å². The highest BCUT2D eigenvalue weighted by Crippen LogP contribution is 2.12. The lowest BCUT2D eigenvalue weighted by Crippen LogP contribution is -2.26. The third-order valence-electron chi connectivity index (χ3n) is 4.18. The SMILES string of the molecule is CCCN(Cc1ccc(F)cc1)Cc1cc(=O)n2cccc(C)c2n1. The van der Waals surface area contributed by atoms with Crippen LogP contribution < -0.4 is 5.56 Å². The highest BCUT2D eigenvalue weighted by molar-refractivity contribution is 5.46. The van der Waals surface area contributed by atoms with E-state index in [0.717, 1.165) is 29.8 Å². The van der Waals surface area contributed by atoms with Crippen molar-refractivity contribution in [2.45, 2.75) is 33.4 Å². The normalized spacial score (nSPS) is 11.4. The van der Waals surface area contributed by atoms with Gasteiger partial charge in [0, 0.05) is 25.4 Å². The zero-order valence-corrected chi connectivity index (χ0v) is 14.6. The van der Waals surface area contributed by atoms with Crippen molar-refractivity contribution in [2.24, 2.45) is 0 Å². The molecule has 4 nitrogen and oxygen atoms in total. The average molecular weight is 339 g/mol. The molecule has 0 fully saturated rings. The quantitative estimate of drug-likeness (QED) is 0.689. The van der Waals surface area contributed by atoms with Crippen LogP contribution in [0.15, 0.2) is 53.5 Å². The van der Waals surface area contributed by atoms with Gasteiger partial charge in [-0.3, -0.25) is 14.1 Å². The van der Waals surface area contributed by atoms with Crippen LogP contribution in [0.25, 0.3) is 5.65 Å². The molecule has 2 heterocycles. The minimum absolute atomic E-state index is 0.0677. The van der Waals surface area contributed by atoms with Crippen molar-refractivity contribution in [1.82, 2.24) is 14.3 Å². The van der Waals surface area contributed by atoms with Gasteiger partial charge >= 0.3 is 0 Å². The van der Waals surface area contributed by atoms with Crippen molar-refractivity contribution in [3.05, 3.63) is 81.7 Å². The molecule has 0 aliphatic carbocycles. The van der Waals surface area contributed by atoms with Gasteiger partial charge in [0.05, 0.1) is 5.69 Å². The molecular weight excluding hydrogens is 317 g/mol. The van der Waals surface area contributed by atoms with Crippen LogP contribution in [0, 0.1) is 12.7 Å². The lowest BCUT2D eigenvalue weighted by atomic mass is 10.2. The number of rotatable bonds is 6. The second kappa shape index (κ2) is 7.57. The Morgan fingerprint density at radius 3 is 2.64 bits per heavy atom. The average Bonchev–Trinajstić information content (AvgIpc) is 2.58. The van der Waals surface area contributed by atoms with Gasteiger partial charge in [0.15, 0.2) is 0 Å². The second-order valence-electron chi connectivity index (χ2n) is 6.31. The van der Waals surface area contributed by atoms with Gasteiger partial charge in [-0.2, -0.15) is 0 Å². The van der Waals surface area contributed by atoms with E-state index in [2.05, 4.69) is 16.8 Å². The van der Waals surface area contributed by atoms with Gasteiger partial charge in [0.1, 0.15) is 11.5 Å². The fourth-order valence-electron chi connectivity index (χ4n) is 3.00. The number of fused-ring (bicyclic) bond motifs is 1. The molecule has 0 unspecified atom stereocenters. The molecule has 2 aromatic heterocycles. The number of aryl methyl sites for hydroxylation is 1. The zero-order chi connectivity index (χ0) is 17.8. The Kier molecular flexibility index (Phi) is 5.24. The summed E-state index contributed by atoms with van der Waals surface area (Å²) < 4.78 is 14.7. The zero-order valence-electron chi connectivity index (χ0n) is 14.6. The Labute approximate surface area is 146 Å². The molecule has 0 aliphatic heterocycles. The minimum atomic E-state index is -0.231. The molecule has 0 bridgehead atoms. The van der Waals surface area contributed by atoms with Crippen LogP contribution in [0.2, 0.25) is 0 Å². The fraction of sp³-hybridized carbons (Fsp3) is 0.300. The monoisotopic (exact) mass is 339 g/mol.